The molecule has 94 valence electrons. The van der Waals surface area contributed by atoms with Crippen LogP contribution in [0.1, 0.15) is 17.4 Å². The van der Waals surface area contributed by atoms with E-state index in [4.69, 9.17) is 5.73 Å². The molecule has 0 unspecified atom stereocenters. The van der Waals surface area contributed by atoms with Gasteiger partial charge in [0, 0.05) is 6.54 Å². The highest BCUT2D eigenvalue weighted by Gasteiger charge is 2.21. The summed E-state index contributed by atoms with van der Waals surface area (Å²) in [5.41, 5.74) is 6.25. The molecule has 1 amide bonds. The van der Waals surface area contributed by atoms with Crippen LogP contribution in [0.3, 0.4) is 0 Å². The number of anilines is 2. The molecule has 0 fully saturated rings. The second-order valence-corrected chi connectivity index (χ2v) is 3.70. The third kappa shape index (κ3) is 2.04. The monoisotopic (exact) mass is 248 g/mol. The van der Waals surface area contributed by atoms with Crippen molar-refractivity contribution in [3.8, 4) is 0 Å². The lowest BCUT2D eigenvalue weighted by Gasteiger charge is -2.20. The lowest BCUT2D eigenvalue weighted by Crippen LogP contribution is -2.32. The zero-order valence-corrected chi connectivity index (χ0v) is 9.85. The first-order chi connectivity index (χ1) is 8.65. The Labute approximate surface area is 103 Å². The van der Waals surface area contributed by atoms with Crippen molar-refractivity contribution < 1.29 is 9.18 Å². The molecule has 1 heterocycles. The van der Waals surface area contributed by atoms with Crippen LogP contribution in [0, 0.1) is 5.82 Å². The standard InChI is InChI=1S/C12H13FN4O/c1-2-17(10-6-4-3-5-8(10)13)12(18)11-9(14)7-15-16-11/h3-7H,2,14H2,1H3,(H,15,16). The Morgan fingerprint density at radius 1 is 1.50 bits per heavy atom. The molecule has 1 aromatic carbocycles. The van der Waals surface area contributed by atoms with Gasteiger partial charge in [-0.05, 0) is 19.1 Å². The van der Waals surface area contributed by atoms with E-state index in [1.54, 1.807) is 25.1 Å². The Balaban J connectivity index is 2.39. The number of aromatic amines is 1. The molecule has 3 N–H and O–H groups in total. The van der Waals surface area contributed by atoms with Gasteiger partial charge in [-0.15, -0.1) is 0 Å². The molecular weight excluding hydrogens is 235 g/mol. The van der Waals surface area contributed by atoms with E-state index >= 15 is 0 Å². The number of nitrogens with one attached hydrogen (secondary N) is 1. The maximum absolute atomic E-state index is 13.7. The van der Waals surface area contributed by atoms with Crippen LogP contribution in [-0.4, -0.2) is 22.6 Å². The molecule has 0 saturated heterocycles. The second-order valence-electron chi connectivity index (χ2n) is 3.70. The molecule has 18 heavy (non-hydrogen) atoms. The SMILES string of the molecule is CCN(C(=O)c1[nH]ncc1N)c1ccccc1F. The quantitative estimate of drug-likeness (QED) is 0.869. The van der Waals surface area contributed by atoms with Gasteiger partial charge in [-0.1, -0.05) is 12.1 Å². The predicted octanol–water partition coefficient (Wildman–Crippen LogP) is 1.80. The van der Waals surface area contributed by atoms with Gasteiger partial charge < -0.3 is 10.6 Å². The van der Waals surface area contributed by atoms with E-state index in [0.717, 1.165) is 0 Å². The van der Waals surface area contributed by atoms with Crippen molar-refractivity contribution in [2.75, 3.05) is 17.2 Å². The summed E-state index contributed by atoms with van der Waals surface area (Å²) >= 11 is 0. The van der Waals surface area contributed by atoms with Crippen LogP contribution < -0.4 is 10.6 Å². The molecular formula is C12H13FN4O. The molecule has 0 spiro atoms. The number of aromatic nitrogens is 2. The van der Waals surface area contributed by atoms with Gasteiger partial charge in [0.1, 0.15) is 11.5 Å². The molecule has 0 atom stereocenters. The number of nitrogens with zero attached hydrogens (tertiary/aromatic N) is 2. The minimum Gasteiger partial charge on any atom is -0.396 e. The third-order valence-corrected chi connectivity index (χ3v) is 2.59. The summed E-state index contributed by atoms with van der Waals surface area (Å²) in [7, 11) is 0. The Kier molecular flexibility index (Phi) is 3.27. The average Bonchev–Trinajstić information content (AvgIpc) is 2.78. The zero-order chi connectivity index (χ0) is 13.1. The summed E-state index contributed by atoms with van der Waals surface area (Å²) in [5, 5.41) is 6.20. The first-order valence-corrected chi connectivity index (χ1v) is 5.50. The van der Waals surface area contributed by atoms with Crippen LogP contribution in [0.2, 0.25) is 0 Å². The lowest BCUT2D eigenvalue weighted by molar-refractivity contribution is 0.0983. The first-order valence-electron chi connectivity index (χ1n) is 5.50. The van der Waals surface area contributed by atoms with E-state index < -0.39 is 11.7 Å². The van der Waals surface area contributed by atoms with Gasteiger partial charge in [0.25, 0.3) is 5.91 Å². The largest absolute Gasteiger partial charge is 0.396 e. The zero-order valence-electron chi connectivity index (χ0n) is 9.85. The van der Waals surface area contributed by atoms with Crippen molar-refractivity contribution in [1.29, 1.82) is 0 Å². The number of nitrogen functional groups attached to an aromatic ring is 1. The maximum Gasteiger partial charge on any atom is 0.278 e. The van der Waals surface area contributed by atoms with Gasteiger partial charge >= 0.3 is 0 Å². The Morgan fingerprint density at radius 2 is 2.22 bits per heavy atom. The smallest absolute Gasteiger partial charge is 0.278 e. The van der Waals surface area contributed by atoms with E-state index in [2.05, 4.69) is 10.2 Å². The molecule has 2 rings (SSSR count). The van der Waals surface area contributed by atoms with E-state index in [1.807, 2.05) is 0 Å². The fourth-order valence-corrected chi connectivity index (χ4v) is 1.70. The molecule has 6 heteroatoms. The van der Waals surface area contributed by atoms with Gasteiger partial charge in [-0.2, -0.15) is 5.10 Å². The highest BCUT2D eigenvalue weighted by molar-refractivity contribution is 6.07. The molecule has 0 aliphatic rings. The molecule has 0 saturated carbocycles. The molecule has 0 aliphatic heterocycles. The van der Waals surface area contributed by atoms with Crippen molar-refractivity contribution in [2.24, 2.45) is 0 Å². The minimum atomic E-state index is -0.453. The van der Waals surface area contributed by atoms with E-state index in [9.17, 15) is 9.18 Å². The Morgan fingerprint density at radius 3 is 2.78 bits per heavy atom. The van der Waals surface area contributed by atoms with Crippen molar-refractivity contribution >= 4 is 17.3 Å². The second kappa shape index (κ2) is 4.87. The predicted molar refractivity (Wildman–Crippen MR) is 66.8 cm³/mol. The Hall–Kier alpha value is -2.37. The molecule has 0 bridgehead atoms. The number of benzene rings is 1. The number of carbonyl (C=O) groups excluding carboxylic acids is 1. The summed E-state index contributed by atoms with van der Waals surface area (Å²) in [5.74, 6) is -0.858. The molecule has 1 aromatic heterocycles. The van der Waals surface area contributed by atoms with Gasteiger partial charge in [0.15, 0.2) is 0 Å². The fraction of sp³-hybridized carbons (Fsp3) is 0.167. The van der Waals surface area contributed by atoms with Crippen LogP contribution in [-0.2, 0) is 0 Å². The maximum atomic E-state index is 13.7. The number of nitrogens with two attached hydrogens (primary N) is 1. The number of hydrogen-bond acceptors (Lipinski definition) is 3. The summed E-state index contributed by atoms with van der Waals surface area (Å²) in [6, 6.07) is 6.09. The molecule has 5 nitrogen and oxygen atoms in total. The number of hydrogen-bond donors (Lipinski definition) is 2. The van der Waals surface area contributed by atoms with Crippen LogP contribution in [0.15, 0.2) is 30.5 Å². The normalized spacial score (nSPS) is 10.3. The van der Waals surface area contributed by atoms with Crippen LogP contribution in [0.4, 0.5) is 15.8 Å². The summed E-state index contributed by atoms with van der Waals surface area (Å²) in [4.78, 5) is 13.5. The van der Waals surface area contributed by atoms with Gasteiger partial charge in [0.2, 0.25) is 0 Å². The number of rotatable bonds is 3. The summed E-state index contributed by atoms with van der Waals surface area (Å²) in [6.45, 7) is 2.09. The summed E-state index contributed by atoms with van der Waals surface area (Å²) < 4.78 is 13.7. The van der Waals surface area contributed by atoms with Crippen LogP contribution in [0.25, 0.3) is 0 Å². The van der Waals surface area contributed by atoms with Crippen LogP contribution in [0.5, 0.6) is 0 Å². The van der Waals surface area contributed by atoms with Crippen molar-refractivity contribution in [3.05, 3.63) is 42.0 Å². The number of carbonyl (C=O) groups is 1. The lowest BCUT2D eigenvalue weighted by atomic mass is 10.2. The van der Waals surface area contributed by atoms with Crippen molar-refractivity contribution in [2.45, 2.75) is 6.92 Å². The number of halogens is 1. The van der Waals surface area contributed by atoms with Crippen LogP contribution >= 0.6 is 0 Å². The van der Waals surface area contributed by atoms with Gasteiger partial charge in [0.05, 0.1) is 17.6 Å². The van der Waals surface area contributed by atoms with Crippen molar-refractivity contribution in [3.63, 3.8) is 0 Å². The number of H-pyrrole nitrogens is 1. The molecule has 0 radical (unpaired) electrons. The van der Waals surface area contributed by atoms with Gasteiger partial charge in [-0.25, -0.2) is 4.39 Å². The van der Waals surface area contributed by atoms with E-state index in [1.165, 1.54) is 17.2 Å². The highest BCUT2D eigenvalue weighted by Crippen LogP contribution is 2.21. The minimum absolute atomic E-state index is 0.167. The van der Waals surface area contributed by atoms with E-state index in [0.29, 0.717) is 6.54 Å². The third-order valence-electron chi connectivity index (χ3n) is 2.59. The topological polar surface area (TPSA) is 75.0 Å². The van der Waals surface area contributed by atoms with Crippen molar-refractivity contribution in [1.82, 2.24) is 10.2 Å². The summed E-state index contributed by atoms with van der Waals surface area (Å²) in [6.07, 6.45) is 1.35. The highest BCUT2D eigenvalue weighted by atomic mass is 19.1. The first kappa shape index (κ1) is 12.1. The average molecular weight is 248 g/mol. The number of para-hydroxylation sites is 1. The van der Waals surface area contributed by atoms with Gasteiger partial charge in [-0.3, -0.25) is 9.89 Å². The Bertz CT molecular complexity index is 567. The fourth-order valence-electron chi connectivity index (χ4n) is 1.70. The molecule has 0 aliphatic carbocycles. The molecule has 2 aromatic rings. The van der Waals surface area contributed by atoms with E-state index in [-0.39, 0.29) is 17.1 Å². The number of amides is 1.